The molecule has 4 nitrogen and oxygen atoms in total. The molecule has 4 heteroatoms. The predicted molar refractivity (Wildman–Crippen MR) is 79.6 cm³/mol. The van der Waals surface area contributed by atoms with E-state index in [0.29, 0.717) is 23.9 Å². The standard InChI is InChI=1S/C15H24N2O2/c1-5-9-17(11(3)4)12-7-8-14(16)13(10-12)15(18)19-6-2/h7-8,10-11H,5-6,9,16H2,1-4H3. The van der Waals surface area contributed by atoms with Gasteiger partial charge < -0.3 is 15.4 Å². The van der Waals surface area contributed by atoms with Crippen molar-refractivity contribution in [1.29, 1.82) is 0 Å². The van der Waals surface area contributed by atoms with Gasteiger partial charge in [-0.25, -0.2) is 4.79 Å². The minimum absolute atomic E-state index is 0.353. The predicted octanol–water partition coefficient (Wildman–Crippen LogP) is 3.07. The number of nitrogens with two attached hydrogens (primary N) is 1. The van der Waals surface area contributed by atoms with Crippen molar-refractivity contribution in [1.82, 2.24) is 0 Å². The second-order valence-corrected chi connectivity index (χ2v) is 4.78. The minimum atomic E-state index is -0.359. The van der Waals surface area contributed by atoms with Crippen molar-refractivity contribution in [3.05, 3.63) is 23.8 Å². The molecule has 19 heavy (non-hydrogen) atoms. The van der Waals surface area contributed by atoms with Crippen LogP contribution in [0.15, 0.2) is 18.2 Å². The van der Waals surface area contributed by atoms with E-state index in [4.69, 9.17) is 10.5 Å². The molecular formula is C15H24N2O2. The molecule has 0 amide bonds. The first kappa shape index (κ1) is 15.3. The number of benzene rings is 1. The van der Waals surface area contributed by atoms with Crippen LogP contribution in [0.2, 0.25) is 0 Å². The molecule has 106 valence electrons. The fourth-order valence-electron chi connectivity index (χ4n) is 2.03. The molecule has 0 radical (unpaired) electrons. The number of rotatable bonds is 6. The molecule has 0 aliphatic carbocycles. The minimum Gasteiger partial charge on any atom is -0.462 e. The Morgan fingerprint density at radius 3 is 2.58 bits per heavy atom. The van der Waals surface area contributed by atoms with Crippen LogP contribution in [0.4, 0.5) is 11.4 Å². The molecule has 0 unspecified atom stereocenters. The summed E-state index contributed by atoms with van der Waals surface area (Å²) in [4.78, 5) is 14.1. The Morgan fingerprint density at radius 1 is 1.37 bits per heavy atom. The van der Waals surface area contributed by atoms with Gasteiger partial charge >= 0.3 is 5.97 Å². The molecule has 0 atom stereocenters. The van der Waals surface area contributed by atoms with E-state index >= 15 is 0 Å². The Balaban J connectivity index is 3.09. The molecule has 1 aromatic carbocycles. The van der Waals surface area contributed by atoms with Crippen molar-refractivity contribution in [2.75, 3.05) is 23.8 Å². The number of hydrogen-bond acceptors (Lipinski definition) is 4. The van der Waals surface area contributed by atoms with E-state index in [-0.39, 0.29) is 5.97 Å². The van der Waals surface area contributed by atoms with Crippen LogP contribution in [0.1, 0.15) is 44.5 Å². The van der Waals surface area contributed by atoms with Crippen LogP contribution in [0.5, 0.6) is 0 Å². The molecule has 0 bridgehead atoms. The zero-order chi connectivity index (χ0) is 14.4. The van der Waals surface area contributed by atoms with Crippen LogP contribution in [0.25, 0.3) is 0 Å². The molecule has 0 aromatic heterocycles. The molecular weight excluding hydrogens is 240 g/mol. The van der Waals surface area contributed by atoms with Crippen molar-refractivity contribution in [2.24, 2.45) is 0 Å². The molecule has 0 saturated carbocycles. The van der Waals surface area contributed by atoms with E-state index in [0.717, 1.165) is 18.7 Å². The van der Waals surface area contributed by atoms with E-state index in [1.54, 1.807) is 13.0 Å². The number of anilines is 2. The summed E-state index contributed by atoms with van der Waals surface area (Å²) in [6, 6.07) is 5.92. The number of esters is 1. The molecule has 0 fully saturated rings. The summed E-state index contributed by atoms with van der Waals surface area (Å²) in [5.41, 5.74) is 7.77. The van der Waals surface area contributed by atoms with Gasteiger partial charge in [0.15, 0.2) is 0 Å². The van der Waals surface area contributed by atoms with Crippen molar-refractivity contribution < 1.29 is 9.53 Å². The summed E-state index contributed by atoms with van der Waals surface area (Å²) in [7, 11) is 0. The summed E-state index contributed by atoms with van der Waals surface area (Å²) in [5.74, 6) is -0.359. The highest BCUT2D eigenvalue weighted by Crippen LogP contribution is 2.24. The Labute approximate surface area is 115 Å². The van der Waals surface area contributed by atoms with Crippen LogP contribution in [-0.4, -0.2) is 25.2 Å². The lowest BCUT2D eigenvalue weighted by Crippen LogP contribution is -2.31. The van der Waals surface area contributed by atoms with Gasteiger partial charge in [-0.15, -0.1) is 0 Å². The second-order valence-electron chi connectivity index (χ2n) is 4.78. The molecule has 0 spiro atoms. The molecule has 0 aliphatic heterocycles. The quantitative estimate of drug-likeness (QED) is 0.633. The van der Waals surface area contributed by atoms with Crippen LogP contribution >= 0.6 is 0 Å². The molecule has 0 saturated heterocycles. The zero-order valence-corrected chi connectivity index (χ0v) is 12.3. The topological polar surface area (TPSA) is 55.6 Å². The lowest BCUT2D eigenvalue weighted by molar-refractivity contribution is 0.0527. The van der Waals surface area contributed by atoms with Crippen LogP contribution < -0.4 is 10.6 Å². The molecule has 0 aliphatic rings. The van der Waals surface area contributed by atoms with Gasteiger partial charge in [0.2, 0.25) is 0 Å². The number of nitrogen functional groups attached to an aromatic ring is 1. The summed E-state index contributed by atoms with van der Waals surface area (Å²) in [6.07, 6.45) is 1.05. The van der Waals surface area contributed by atoms with Crippen LogP contribution in [0, 0.1) is 0 Å². The molecule has 2 N–H and O–H groups in total. The van der Waals surface area contributed by atoms with Crippen molar-refractivity contribution in [3.8, 4) is 0 Å². The maximum absolute atomic E-state index is 11.8. The van der Waals surface area contributed by atoms with Crippen LogP contribution in [0.3, 0.4) is 0 Å². The highest BCUT2D eigenvalue weighted by molar-refractivity contribution is 5.96. The van der Waals surface area contributed by atoms with Crippen LogP contribution in [-0.2, 0) is 4.74 Å². The molecule has 0 heterocycles. The summed E-state index contributed by atoms with van der Waals surface area (Å²) in [5, 5.41) is 0. The van der Waals surface area contributed by atoms with Gasteiger partial charge in [0.05, 0.1) is 12.2 Å². The molecule has 1 rings (SSSR count). The van der Waals surface area contributed by atoms with Crippen molar-refractivity contribution in [3.63, 3.8) is 0 Å². The summed E-state index contributed by atoms with van der Waals surface area (Å²) >= 11 is 0. The van der Waals surface area contributed by atoms with Gasteiger partial charge in [-0.2, -0.15) is 0 Å². The fourth-order valence-corrected chi connectivity index (χ4v) is 2.03. The first-order valence-corrected chi connectivity index (χ1v) is 6.84. The number of hydrogen-bond donors (Lipinski definition) is 1. The van der Waals surface area contributed by atoms with Gasteiger partial charge in [-0.3, -0.25) is 0 Å². The zero-order valence-electron chi connectivity index (χ0n) is 12.3. The maximum Gasteiger partial charge on any atom is 0.340 e. The first-order chi connectivity index (χ1) is 9.01. The van der Waals surface area contributed by atoms with Crippen molar-refractivity contribution in [2.45, 2.75) is 40.2 Å². The third kappa shape index (κ3) is 3.88. The fraction of sp³-hybridized carbons (Fsp3) is 0.533. The number of nitrogens with zero attached hydrogens (tertiary/aromatic N) is 1. The number of ether oxygens (including phenoxy) is 1. The van der Waals surface area contributed by atoms with Gasteiger partial charge in [-0.05, 0) is 45.4 Å². The van der Waals surface area contributed by atoms with E-state index in [1.165, 1.54) is 0 Å². The average Bonchev–Trinajstić information content (AvgIpc) is 2.36. The highest BCUT2D eigenvalue weighted by Gasteiger charge is 2.15. The van der Waals surface area contributed by atoms with Gasteiger partial charge in [0.25, 0.3) is 0 Å². The third-order valence-electron chi connectivity index (χ3n) is 2.95. The van der Waals surface area contributed by atoms with E-state index in [2.05, 4.69) is 25.7 Å². The Morgan fingerprint density at radius 2 is 2.05 bits per heavy atom. The number of carbonyl (C=O) groups is 1. The smallest absolute Gasteiger partial charge is 0.340 e. The lowest BCUT2D eigenvalue weighted by atomic mass is 10.1. The first-order valence-electron chi connectivity index (χ1n) is 6.84. The highest BCUT2D eigenvalue weighted by atomic mass is 16.5. The Hall–Kier alpha value is -1.71. The number of carbonyl (C=O) groups excluding carboxylic acids is 1. The average molecular weight is 264 g/mol. The Kier molecular flexibility index (Phi) is 5.67. The second kappa shape index (κ2) is 7.02. The summed E-state index contributed by atoms with van der Waals surface area (Å²) in [6.45, 7) is 9.50. The Bertz CT molecular complexity index is 430. The van der Waals surface area contributed by atoms with E-state index < -0.39 is 0 Å². The monoisotopic (exact) mass is 264 g/mol. The molecule has 1 aromatic rings. The largest absolute Gasteiger partial charge is 0.462 e. The van der Waals surface area contributed by atoms with Gasteiger partial charge in [0.1, 0.15) is 0 Å². The van der Waals surface area contributed by atoms with E-state index in [9.17, 15) is 4.79 Å². The summed E-state index contributed by atoms with van der Waals surface area (Å²) < 4.78 is 5.03. The normalized spacial score (nSPS) is 10.6. The van der Waals surface area contributed by atoms with Gasteiger partial charge in [0, 0.05) is 24.0 Å². The van der Waals surface area contributed by atoms with Crippen molar-refractivity contribution >= 4 is 17.3 Å². The SMILES string of the molecule is CCCN(c1ccc(N)c(C(=O)OCC)c1)C(C)C. The third-order valence-corrected chi connectivity index (χ3v) is 2.95. The van der Waals surface area contributed by atoms with E-state index in [1.807, 2.05) is 12.1 Å². The lowest BCUT2D eigenvalue weighted by Gasteiger charge is -2.29. The van der Waals surface area contributed by atoms with Gasteiger partial charge in [-0.1, -0.05) is 6.92 Å². The maximum atomic E-state index is 11.8.